The summed E-state index contributed by atoms with van der Waals surface area (Å²) in [5.41, 5.74) is 1.55. The van der Waals surface area contributed by atoms with Crippen molar-refractivity contribution < 1.29 is 19.1 Å². The Balaban J connectivity index is 2.06. The molecule has 0 saturated carbocycles. The lowest BCUT2D eigenvalue weighted by Crippen LogP contribution is -2.30. The Morgan fingerprint density at radius 2 is 1.96 bits per heavy atom. The molecule has 134 valence electrons. The summed E-state index contributed by atoms with van der Waals surface area (Å²) in [6.45, 7) is 6.74. The van der Waals surface area contributed by atoms with E-state index in [1.54, 1.807) is 0 Å². The minimum absolute atomic E-state index is 0.216. The second-order valence-electron chi connectivity index (χ2n) is 7.30. The molecule has 1 aromatic rings. The van der Waals surface area contributed by atoms with E-state index < -0.39 is 17.8 Å². The Hall–Kier alpha value is -1.95. The molecule has 1 aromatic heterocycles. The zero-order valence-electron chi connectivity index (χ0n) is 15.0. The summed E-state index contributed by atoms with van der Waals surface area (Å²) in [7, 11) is 1.33. The van der Waals surface area contributed by atoms with Gasteiger partial charge in [-0.3, -0.25) is 9.59 Å². The van der Waals surface area contributed by atoms with Crippen molar-refractivity contribution in [3.8, 4) is 0 Å². The van der Waals surface area contributed by atoms with Gasteiger partial charge in [-0.05, 0) is 36.2 Å². The highest BCUT2D eigenvalue weighted by Gasteiger charge is 2.38. The first kappa shape index (κ1) is 17.9. The average Bonchev–Trinajstić information content (AvgIpc) is 3.12. The van der Waals surface area contributed by atoms with Crippen LogP contribution in [0.2, 0.25) is 0 Å². The molecule has 0 radical (unpaired) electrons. The Morgan fingerprint density at radius 3 is 2.52 bits per heavy atom. The van der Waals surface area contributed by atoms with Crippen LogP contribution in [0.1, 0.15) is 54.4 Å². The molecule has 0 aromatic carbocycles. The van der Waals surface area contributed by atoms with Crippen LogP contribution >= 0.6 is 11.3 Å². The number of carbonyl (C=O) groups is 3. The molecular formula is C19H23NO4S. The summed E-state index contributed by atoms with van der Waals surface area (Å²) in [4.78, 5) is 38.8. The fourth-order valence-corrected chi connectivity index (χ4v) is 5.02. The third-order valence-electron chi connectivity index (χ3n) is 5.66. The van der Waals surface area contributed by atoms with Crippen LogP contribution in [0.25, 0.3) is 0 Å². The van der Waals surface area contributed by atoms with Gasteiger partial charge in [-0.25, -0.2) is 9.69 Å². The van der Waals surface area contributed by atoms with Gasteiger partial charge in [0.1, 0.15) is 5.00 Å². The Labute approximate surface area is 151 Å². The molecule has 1 unspecified atom stereocenters. The van der Waals surface area contributed by atoms with Crippen molar-refractivity contribution in [3.63, 3.8) is 0 Å². The topological polar surface area (TPSA) is 63.7 Å². The third kappa shape index (κ3) is 2.92. The number of hydrogen-bond acceptors (Lipinski definition) is 5. The van der Waals surface area contributed by atoms with Gasteiger partial charge < -0.3 is 4.74 Å². The van der Waals surface area contributed by atoms with Crippen molar-refractivity contribution in [1.82, 2.24) is 0 Å². The molecule has 6 heteroatoms. The van der Waals surface area contributed by atoms with Crippen molar-refractivity contribution in [2.45, 2.75) is 46.5 Å². The standard InChI is InChI=1S/C19H23NO4S/c1-5-19(2,3)11-6-7-12-13(10-11)25-17(16(12)18(23)24-4)20-14(21)8-9-15(20)22/h8-9,11H,5-7,10H2,1-4H3. The zero-order valence-corrected chi connectivity index (χ0v) is 15.9. The van der Waals surface area contributed by atoms with E-state index in [9.17, 15) is 14.4 Å². The van der Waals surface area contributed by atoms with Crippen LogP contribution in [0.15, 0.2) is 12.2 Å². The lowest BCUT2D eigenvalue weighted by Gasteiger charge is -2.36. The molecule has 2 heterocycles. The highest BCUT2D eigenvalue weighted by atomic mass is 32.1. The van der Waals surface area contributed by atoms with Crippen molar-refractivity contribution >= 4 is 34.1 Å². The highest BCUT2D eigenvalue weighted by Crippen LogP contribution is 2.47. The maximum absolute atomic E-state index is 12.4. The van der Waals surface area contributed by atoms with E-state index in [0.29, 0.717) is 16.5 Å². The maximum atomic E-state index is 12.4. The largest absolute Gasteiger partial charge is 0.465 e. The van der Waals surface area contributed by atoms with Gasteiger partial charge in [-0.1, -0.05) is 27.2 Å². The van der Waals surface area contributed by atoms with Crippen LogP contribution in [0.5, 0.6) is 0 Å². The molecule has 0 fully saturated rings. The fourth-order valence-electron chi connectivity index (χ4n) is 3.60. The number of hydrogen-bond donors (Lipinski definition) is 0. The zero-order chi connectivity index (χ0) is 18.4. The summed E-state index contributed by atoms with van der Waals surface area (Å²) in [5, 5.41) is 0.409. The summed E-state index contributed by atoms with van der Waals surface area (Å²) in [5.74, 6) is -0.767. The van der Waals surface area contributed by atoms with E-state index in [1.165, 1.54) is 30.6 Å². The van der Waals surface area contributed by atoms with Crippen LogP contribution < -0.4 is 4.90 Å². The lowest BCUT2D eigenvalue weighted by molar-refractivity contribution is -0.119. The lowest BCUT2D eigenvalue weighted by atomic mass is 9.69. The molecule has 2 aliphatic rings. The number of anilines is 1. The number of imide groups is 1. The van der Waals surface area contributed by atoms with Gasteiger partial charge in [0.25, 0.3) is 11.8 Å². The first-order valence-corrected chi connectivity index (χ1v) is 9.40. The summed E-state index contributed by atoms with van der Waals surface area (Å²) in [6, 6.07) is 0. The molecule has 0 saturated heterocycles. The van der Waals surface area contributed by atoms with E-state index in [-0.39, 0.29) is 5.41 Å². The predicted molar refractivity (Wildman–Crippen MR) is 96.9 cm³/mol. The van der Waals surface area contributed by atoms with E-state index in [2.05, 4.69) is 20.8 Å². The number of esters is 1. The van der Waals surface area contributed by atoms with E-state index in [4.69, 9.17) is 4.74 Å². The molecule has 5 nitrogen and oxygen atoms in total. The molecule has 1 atom stereocenters. The van der Waals surface area contributed by atoms with Crippen molar-refractivity contribution in [3.05, 3.63) is 28.2 Å². The predicted octanol–water partition coefficient (Wildman–Crippen LogP) is 3.51. The average molecular weight is 361 g/mol. The monoisotopic (exact) mass is 361 g/mol. The molecule has 1 aliphatic carbocycles. The van der Waals surface area contributed by atoms with Gasteiger partial charge in [-0.2, -0.15) is 0 Å². The number of rotatable bonds is 4. The van der Waals surface area contributed by atoms with Gasteiger partial charge in [0.2, 0.25) is 0 Å². The van der Waals surface area contributed by atoms with Gasteiger partial charge >= 0.3 is 5.97 Å². The number of methoxy groups -OCH3 is 1. The molecular weight excluding hydrogens is 338 g/mol. The third-order valence-corrected chi connectivity index (χ3v) is 6.90. The molecule has 0 spiro atoms. The van der Waals surface area contributed by atoms with Gasteiger partial charge in [-0.15, -0.1) is 11.3 Å². The van der Waals surface area contributed by atoms with E-state index in [1.807, 2.05) is 0 Å². The van der Waals surface area contributed by atoms with Crippen LogP contribution in [0.3, 0.4) is 0 Å². The van der Waals surface area contributed by atoms with Crippen LogP contribution in [-0.2, 0) is 27.2 Å². The minimum atomic E-state index is -0.479. The normalized spacial score (nSPS) is 20.2. The molecule has 0 N–H and O–H groups in total. The van der Waals surface area contributed by atoms with Crippen molar-refractivity contribution in [2.75, 3.05) is 12.0 Å². The summed E-state index contributed by atoms with van der Waals surface area (Å²) >= 11 is 1.38. The van der Waals surface area contributed by atoms with Crippen LogP contribution in [0.4, 0.5) is 5.00 Å². The molecule has 2 amide bonds. The van der Waals surface area contributed by atoms with Crippen molar-refractivity contribution in [1.29, 1.82) is 0 Å². The Kier molecular flexibility index (Phi) is 4.58. The Bertz CT molecular complexity index is 757. The quantitative estimate of drug-likeness (QED) is 0.608. The summed E-state index contributed by atoms with van der Waals surface area (Å²) in [6.07, 6.45) is 6.20. The number of fused-ring (bicyclic) bond motifs is 1. The summed E-state index contributed by atoms with van der Waals surface area (Å²) < 4.78 is 4.94. The van der Waals surface area contributed by atoms with Crippen molar-refractivity contribution in [2.24, 2.45) is 11.3 Å². The number of nitrogens with zero attached hydrogens (tertiary/aromatic N) is 1. The van der Waals surface area contributed by atoms with E-state index in [0.717, 1.165) is 41.0 Å². The number of thiophene rings is 1. The maximum Gasteiger partial charge on any atom is 0.341 e. The second kappa shape index (κ2) is 6.41. The molecule has 1 aliphatic heterocycles. The minimum Gasteiger partial charge on any atom is -0.465 e. The van der Waals surface area contributed by atoms with Gasteiger partial charge in [0.15, 0.2) is 0 Å². The highest BCUT2D eigenvalue weighted by molar-refractivity contribution is 7.17. The first-order valence-electron chi connectivity index (χ1n) is 8.59. The number of ether oxygens (including phenoxy) is 1. The molecule has 0 bridgehead atoms. The van der Waals surface area contributed by atoms with Gasteiger partial charge in [0.05, 0.1) is 12.7 Å². The Morgan fingerprint density at radius 1 is 1.32 bits per heavy atom. The SMILES string of the molecule is CCC(C)(C)C1CCc2c(sc(N3C(=O)C=CC3=O)c2C(=O)OC)C1. The first-order chi connectivity index (χ1) is 11.8. The molecule has 25 heavy (non-hydrogen) atoms. The molecule has 3 rings (SSSR count). The van der Waals surface area contributed by atoms with Crippen LogP contribution in [0, 0.1) is 11.3 Å². The second-order valence-corrected chi connectivity index (χ2v) is 8.39. The fraction of sp³-hybridized carbons (Fsp3) is 0.526. The smallest absolute Gasteiger partial charge is 0.341 e. The van der Waals surface area contributed by atoms with Crippen LogP contribution in [-0.4, -0.2) is 24.9 Å². The van der Waals surface area contributed by atoms with Gasteiger partial charge in [0, 0.05) is 17.0 Å². The number of carbonyl (C=O) groups excluding carboxylic acids is 3. The number of amides is 2. The van der Waals surface area contributed by atoms with E-state index >= 15 is 0 Å².